The summed E-state index contributed by atoms with van der Waals surface area (Å²) in [6.45, 7) is 0. The van der Waals surface area contributed by atoms with Crippen LogP contribution in [-0.2, 0) is 4.79 Å². The largest absolute Gasteiger partial charge is 0.497 e. The topological polar surface area (TPSA) is 64.4 Å². The van der Waals surface area contributed by atoms with Gasteiger partial charge in [-0.2, -0.15) is 0 Å². The zero-order valence-corrected chi connectivity index (χ0v) is 17.8. The van der Waals surface area contributed by atoms with Crippen LogP contribution in [-0.4, -0.2) is 23.8 Å². The van der Waals surface area contributed by atoms with Crippen LogP contribution in [0.1, 0.15) is 12.8 Å². The second kappa shape index (κ2) is 9.32. The highest BCUT2D eigenvalue weighted by molar-refractivity contribution is 7.99. The molecular weight excluding hydrogens is 423 g/mol. The number of aromatic nitrogens is 1. The van der Waals surface area contributed by atoms with E-state index in [9.17, 15) is 9.18 Å². The van der Waals surface area contributed by atoms with E-state index in [0.29, 0.717) is 23.0 Å². The molecule has 0 unspecified atom stereocenters. The molecule has 0 fully saturated rings. The molecule has 0 spiro atoms. The minimum absolute atomic E-state index is 0.0788. The first-order valence-electron chi connectivity index (χ1n) is 9.32. The number of benzene rings is 2. The molecule has 0 saturated heterocycles. The molecule has 4 aromatic rings. The van der Waals surface area contributed by atoms with Crippen molar-refractivity contribution in [3.63, 3.8) is 0 Å². The van der Waals surface area contributed by atoms with Crippen LogP contribution < -0.4 is 10.1 Å². The lowest BCUT2D eigenvalue weighted by molar-refractivity contribution is -0.116. The molecule has 1 N–H and O–H groups in total. The Morgan fingerprint density at radius 3 is 2.87 bits per heavy atom. The van der Waals surface area contributed by atoms with Crippen LogP contribution in [0.4, 0.5) is 9.52 Å². The van der Waals surface area contributed by atoms with Gasteiger partial charge < -0.3 is 14.5 Å². The fraction of sp³-hybridized carbons (Fsp3) is 0.182. The zero-order valence-electron chi connectivity index (χ0n) is 16.2. The van der Waals surface area contributed by atoms with Crippen molar-refractivity contribution in [2.24, 2.45) is 0 Å². The number of hydrogen-bond acceptors (Lipinski definition) is 6. The van der Waals surface area contributed by atoms with Crippen molar-refractivity contribution in [2.45, 2.75) is 17.7 Å². The predicted molar refractivity (Wildman–Crippen MR) is 119 cm³/mol. The number of ether oxygens (including phenoxy) is 1. The van der Waals surface area contributed by atoms with Gasteiger partial charge in [0.2, 0.25) is 5.91 Å². The molecule has 0 aliphatic rings. The third-order valence-corrected chi connectivity index (χ3v) is 6.21. The van der Waals surface area contributed by atoms with Crippen molar-refractivity contribution in [1.29, 1.82) is 0 Å². The molecule has 2 heterocycles. The summed E-state index contributed by atoms with van der Waals surface area (Å²) in [6.07, 6.45) is 1.12. The number of anilines is 1. The average Bonchev–Trinajstić information content (AvgIpc) is 3.38. The summed E-state index contributed by atoms with van der Waals surface area (Å²) in [5, 5.41) is 6.17. The Bertz CT molecular complexity index is 1150. The van der Waals surface area contributed by atoms with Crippen LogP contribution in [0.25, 0.3) is 22.4 Å². The summed E-state index contributed by atoms with van der Waals surface area (Å²) < 4.78 is 24.0. The van der Waals surface area contributed by atoms with E-state index in [-0.39, 0.29) is 11.7 Å². The highest BCUT2D eigenvalue weighted by atomic mass is 32.2. The number of thiazole rings is 1. The Morgan fingerprint density at radius 2 is 2.07 bits per heavy atom. The van der Waals surface area contributed by atoms with E-state index in [0.717, 1.165) is 33.8 Å². The molecular formula is C22H19FN2O3S2. The van der Waals surface area contributed by atoms with Gasteiger partial charge in [-0.25, -0.2) is 9.37 Å². The third-order valence-electron chi connectivity index (χ3n) is 4.36. The summed E-state index contributed by atoms with van der Waals surface area (Å²) in [4.78, 5) is 17.6. The Balaban J connectivity index is 1.29. The maximum absolute atomic E-state index is 12.9. The van der Waals surface area contributed by atoms with Crippen LogP contribution in [0.2, 0.25) is 0 Å². The first-order chi connectivity index (χ1) is 14.6. The van der Waals surface area contributed by atoms with E-state index in [1.165, 1.54) is 23.5 Å². The van der Waals surface area contributed by atoms with Gasteiger partial charge in [-0.05, 0) is 60.7 Å². The molecule has 0 radical (unpaired) electrons. The first kappa shape index (κ1) is 20.4. The first-order valence-corrected chi connectivity index (χ1v) is 11.2. The SMILES string of the molecule is COc1ccc2oc(-c3csc(NC(=O)CCCSc4ccc(F)cc4)n3)cc2c1. The summed E-state index contributed by atoms with van der Waals surface area (Å²) in [6, 6.07) is 13.9. The Labute approximate surface area is 181 Å². The van der Waals surface area contributed by atoms with Gasteiger partial charge in [0.25, 0.3) is 0 Å². The summed E-state index contributed by atoms with van der Waals surface area (Å²) >= 11 is 2.96. The molecule has 0 atom stereocenters. The number of nitrogens with zero attached hydrogens (tertiary/aromatic N) is 1. The number of rotatable bonds is 8. The lowest BCUT2D eigenvalue weighted by atomic mass is 10.2. The number of halogens is 1. The highest BCUT2D eigenvalue weighted by Gasteiger charge is 2.12. The number of furan rings is 1. The molecule has 30 heavy (non-hydrogen) atoms. The van der Waals surface area contributed by atoms with E-state index in [1.807, 2.05) is 29.6 Å². The van der Waals surface area contributed by atoms with E-state index < -0.39 is 0 Å². The van der Waals surface area contributed by atoms with Crippen LogP contribution in [0.5, 0.6) is 5.75 Å². The maximum Gasteiger partial charge on any atom is 0.226 e. The van der Waals surface area contributed by atoms with Crippen LogP contribution in [0, 0.1) is 5.82 Å². The van der Waals surface area contributed by atoms with Crippen molar-refractivity contribution in [1.82, 2.24) is 4.98 Å². The maximum atomic E-state index is 12.9. The lowest BCUT2D eigenvalue weighted by Crippen LogP contribution is -2.11. The summed E-state index contributed by atoms with van der Waals surface area (Å²) in [7, 11) is 1.62. The van der Waals surface area contributed by atoms with Gasteiger partial charge in [-0.3, -0.25) is 4.79 Å². The molecule has 5 nitrogen and oxygen atoms in total. The number of carbonyl (C=O) groups excluding carboxylic acids is 1. The monoisotopic (exact) mass is 442 g/mol. The number of hydrogen-bond donors (Lipinski definition) is 1. The lowest BCUT2D eigenvalue weighted by Gasteiger charge is -2.02. The van der Waals surface area contributed by atoms with Gasteiger partial charge in [-0.15, -0.1) is 23.1 Å². The van der Waals surface area contributed by atoms with E-state index in [2.05, 4.69) is 10.3 Å². The van der Waals surface area contributed by atoms with Crippen molar-refractivity contribution in [3.05, 3.63) is 59.7 Å². The van der Waals surface area contributed by atoms with E-state index in [4.69, 9.17) is 9.15 Å². The van der Waals surface area contributed by atoms with Crippen molar-refractivity contribution in [2.75, 3.05) is 18.2 Å². The standard InChI is InChI=1S/C22H19FN2O3S2/c1-27-16-6-9-19-14(11-16)12-20(28-19)18-13-30-22(24-18)25-21(26)3-2-10-29-17-7-4-15(23)5-8-17/h4-9,11-13H,2-3,10H2,1H3,(H,24,25,26). The summed E-state index contributed by atoms with van der Waals surface area (Å²) in [5.41, 5.74) is 1.43. The average molecular weight is 443 g/mol. The highest BCUT2D eigenvalue weighted by Crippen LogP contribution is 2.32. The fourth-order valence-electron chi connectivity index (χ4n) is 2.85. The Kier molecular flexibility index (Phi) is 6.35. The molecule has 1 amide bonds. The van der Waals surface area contributed by atoms with Gasteiger partial charge in [0.15, 0.2) is 10.9 Å². The van der Waals surface area contributed by atoms with Crippen LogP contribution in [0.15, 0.2) is 63.2 Å². The van der Waals surface area contributed by atoms with E-state index in [1.54, 1.807) is 31.0 Å². The Morgan fingerprint density at radius 1 is 1.23 bits per heavy atom. The second-order valence-corrected chi connectivity index (χ2v) is 8.53. The van der Waals surface area contributed by atoms with Crippen LogP contribution >= 0.6 is 23.1 Å². The number of methoxy groups -OCH3 is 1. The number of thioether (sulfide) groups is 1. The van der Waals surface area contributed by atoms with Gasteiger partial charge in [0.05, 0.1) is 7.11 Å². The van der Waals surface area contributed by atoms with Gasteiger partial charge in [0, 0.05) is 22.1 Å². The second-order valence-electron chi connectivity index (χ2n) is 6.51. The third kappa shape index (κ3) is 5.01. The minimum Gasteiger partial charge on any atom is -0.497 e. The van der Waals surface area contributed by atoms with Gasteiger partial charge in [-0.1, -0.05) is 0 Å². The number of carbonyl (C=O) groups is 1. The molecule has 154 valence electrons. The molecule has 8 heteroatoms. The molecule has 0 aliphatic heterocycles. The zero-order chi connectivity index (χ0) is 20.9. The van der Waals surface area contributed by atoms with E-state index >= 15 is 0 Å². The number of fused-ring (bicyclic) bond motifs is 1. The van der Waals surface area contributed by atoms with Gasteiger partial charge >= 0.3 is 0 Å². The smallest absolute Gasteiger partial charge is 0.226 e. The number of nitrogens with one attached hydrogen (secondary N) is 1. The molecule has 0 bridgehead atoms. The number of amides is 1. The van der Waals surface area contributed by atoms with Crippen molar-refractivity contribution >= 4 is 45.1 Å². The van der Waals surface area contributed by atoms with Crippen molar-refractivity contribution < 1.29 is 18.3 Å². The molecule has 2 aromatic heterocycles. The predicted octanol–water partition coefficient (Wildman–Crippen LogP) is 6.22. The summed E-state index contributed by atoms with van der Waals surface area (Å²) in [5.74, 6) is 1.86. The normalized spacial score (nSPS) is 11.0. The van der Waals surface area contributed by atoms with Crippen molar-refractivity contribution in [3.8, 4) is 17.2 Å². The van der Waals surface area contributed by atoms with Gasteiger partial charge in [0.1, 0.15) is 22.8 Å². The molecule has 2 aromatic carbocycles. The molecule has 0 saturated carbocycles. The fourth-order valence-corrected chi connectivity index (χ4v) is 4.42. The molecule has 0 aliphatic carbocycles. The quantitative estimate of drug-likeness (QED) is 0.259. The minimum atomic E-state index is -0.246. The molecule has 4 rings (SSSR count). The Hall–Kier alpha value is -2.84. The van der Waals surface area contributed by atoms with Crippen LogP contribution in [0.3, 0.4) is 0 Å².